The predicted octanol–water partition coefficient (Wildman–Crippen LogP) is 5.97. The van der Waals surface area contributed by atoms with Crippen LogP contribution in [0.5, 0.6) is 23.0 Å². The molecule has 0 saturated heterocycles. The van der Waals surface area contributed by atoms with Crippen molar-refractivity contribution in [2.75, 3.05) is 40.3 Å². The van der Waals surface area contributed by atoms with Gasteiger partial charge in [0.25, 0.3) is 0 Å². The molecule has 5 aromatic rings. The molecule has 0 aliphatic heterocycles. The number of para-hydroxylation sites is 1. The molecule has 0 aliphatic carbocycles. The first kappa shape index (κ1) is 25.0. The summed E-state index contributed by atoms with van der Waals surface area (Å²) in [6.07, 6.45) is 4.61. The Balaban J connectivity index is 1.47. The lowest BCUT2D eigenvalue weighted by molar-refractivity contribution is 0.356. The Morgan fingerprint density at radius 1 is 0.789 bits per heavy atom. The number of hydrogen-bond acceptors (Lipinski definition) is 7. The molecule has 0 aliphatic rings. The second-order valence-electron chi connectivity index (χ2n) is 8.69. The minimum Gasteiger partial charge on any atom is -0.497 e. The summed E-state index contributed by atoms with van der Waals surface area (Å²) in [6.45, 7) is 0.684. The van der Waals surface area contributed by atoms with E-state index in [-0.39, 0.29) is 0 Å². The summed E-state index contributed by atoms with van der Waals surface area (Å²) in [5, 5.41) is 5.55. The van der Waals surface area contributed by atoms with E-state index in [1.54, 1.807) is 28.4 Å². The van der Waals surface area contributed by atoms with Crippen LogP contribution in [0.2, 0.25) is 0 Å². The molecule has 194 valence electrons. The second kappa shape index (κ2) is 11.1. The Morgan fingerprint density at radius 3 is 2.24 bits per heavy atom. The van der Waals surface area contributed by atoms with Gasteiger partial charge in [0.05, 0.1) is 34.0 Å². The summed E-state index contributed by atoms with van der Waals surface area (Å²) < 4.78 is 21.8. The van der Waals surface area contributed by atoms with Gasteiger partial charge in [0.2, 0.25) is 0 Å². The number of H-pyrrole nitrogens is 1. The van der Waals surface area contributed by atoms with E-state index in [1.165, 1.54) is 5.39 Å². The van der Waals surface area contributed by atoms with Crippen molar-refractivity contribution in [1.29, 1.82) is 0 Å². The molecule has 2 N–H and O–H groups in total. The van der Waals surface area contributed by atoms with Gasteiger partial charge in [-0.05, 0) is 47.4 Å². The maximum Gasteiger partial charge on any atom is 0.162 e. The third kappa shape index (κ3) is 5.34. The molecule has 5 rings (SSSR count). The zero-order valence-electron chi connectivity index (χ0n) is 21.9. The summed E-state index contributed by atoms with van der Waals surface area (Å²) in [7, 11) is 6.49. The third-order valence-corrected chi connectivity index (χ3v) is 6.29. The van der Waals surface area contributed by atoms with Crippen molar-refractivity contribution in [2.45, 2.75) is 6.42 Å². The van der Waals surface area contributed by atoms with E-state index in [0.717, 1.165) is 39.9 Å². The van der Waals surface area contributed by atoms with Gasteiger partial charge in [-0.25, -0.2) is 9.97 Å². The normalized spacial score (nSPS) is 11.3. The van der Waals surface area contributed by atoms with Crippen LogP contribution >= 0.6 is 0 Å². The molecular weight excluding hydrogens is 480 g/mol. The van der Waals surface area contributed by atoms with Crippen LogP contribution < -0.4 is 24.3 Å². The molecule has 0 atom stereocenters. The van der Waals surface area contributed by atoms with Gasteiger partial charge in [-0.2, -0.15) is 0 Å². The van der Waals surface area contributed by atoms with Crippen LogP contribution in [0.25, 0.3) is 34.0 Å². The molecule has 0 spiro atoms. The molecule has 2 heterocycles. The summed E-state index contributed by atoms with van der Waals surface area (Å²) in [4.78, 5) is 13.1. The van der Waals surface area contributed by atoms with E-state index in [9.17, 15) is 0 Å². The van der Waals surface area contributed by atoms with E-state index in [2.05, 4.69) is 28.5 Å². The van der Waals surface area contributed by atoms with Crippen LogP contribution in [-0.4, -0.2) is 49.9 Å². The van der Waals surface area contributed by atoms with Gasteiger partial charge in [0.15, 0.2) is 17.3 Å². The second-order valence-corrected chi connectivity index (χ2v) is 8.69. The molecule has 2 aromatic heterocycles. The molecule has 0 bridgehead atoms. The number of benzene rings is 3. The summed E-state index contributed by atoms with van der Waals surface area (Å²) in [5.41, 5.74) is 3.94. The van der Waals surface area contributed by atoms with E-state index < -0.39 is 0 Å². The summed E-state index contributed by atoms with van der Waals surface area (Å²) in [5.74, 6) is 3.91. The van der Waals surface area contributed by atoms with Gasteiger partial charge >= 0.3 is 0 Å². The van der Waals surface area contributed by atoms with Crippen molar-refractivity contribution in [3.8, 4) is 23.0 Å². The van der Waals surface area contributed by atoms with Gasteiger partial charge in [0, 0.05) is 41.7 Å². The topological polar surface area (TPSA) is 90.5 Å². The van der Waals surface area contributed by atoms with Gasteiger partial charge < -0.3 is 29.2 Å². The van der Waals surface area contributed by atoms with Crippen molar-refractivity contribution in [3.63, 3.8) is 0 Å². The van der Waals surface area contributed by atoms with Gasteiger partial charge in [-0.3, -0.25) is 0 Å². The Kier molecular flexibility index (Phi) is 7.31. The summed E-state index contributed by atoms with van der Waals surface area (Å²) >= 11 is 0. The van der Waals surface area contributed by atoms with Crippen LogP contribution in [-0.2, 0) is 6.42 Å². The van der Waals surface area contributed by atoms with Gasteiger partial charge in [-0.15, -0.1) is 0 Å². The molecule has 8 heteroatoms. The SMILES string of the molecule is COc1cc(/C=C/c2nc(NCCc3cc4ccccc4[nH]3)c3cc(OC)c(OC)cc3n2)cc(OC)c1. The van der Waals surface area contributed by atoms with E-state index >= 15 is 0 Å². The largest absolute Gasteiger partial charge is 0.497 e. The maximum absolute atomic E-state index is 5.53. The molecule has 0 saturated carbocycles. The van der Waals surface area contributed by atoms with Crippen LogP contribution in [0.1, 0.15) is 17.1 Å². The van der Waals surface area contributed by atoms with E-state index in [4.69, 9.17) is 28.9 Å². The molecule has 0 unspecified atom stereocenters. The molecule has 0 amide bonds. The molecule has 8 nitrogen and oxygen atoms in total. The van der Waals surface area contributed by atoms with Crippen molar-refractivity contribution >= 4 is 39.8 Å². The molecular formula is C30H30N4O4. The van der Waals surface area contributed by atoms with E-state index in [1.807, 2.05) is 54.6 Å². The number of aromatic amines is 1. The smallest absolute Gasteiger partial charge is 0.162 e. The lowest BCUT2D eigenvalue weighted by Gasteiger charge is -2.13. The van der Waals surface area contributed by atoms with Crippen LogP contribution in [0, 0.1) is 0 Å². The van der Waals surface area contributed by atoms with Crippen molar-refractivity contribution in [1.82, 2.24) is 15.0 Å². The van der Waals surface area contributed by atoms with Gasteiger partial charge in [-0.1, -0.05) is 24.3 Å². The minimum atomic E-state index is 0.555. The number of nitrogens with one attached hydrogen (secondary N) is 2. The predicted molar refractivity (Wildman–Crippen MR) is 152 cm³/mol. The van der Waals surface area contributed by atoms with Crippen LogP contribution in [0.4, 0.5) is 5.82 Å². The van der Waals surface area contributed by atoms with Crippen LogP contribution in [0.3, 0.4) is 0 Å². The number of methoxy groups -OCH3 is 4. The number of anilines is 1. The number of aromatic nitrogens is 3. The Labute approximate surface area is 221 Å². The van der Waals surface area contributed by atoms with Crippen molar-refractivity contribution in [2.24, 2.45) is 0 Å². The fourth-order valence-electron chi connectivity index (χ4n) is 4.36. The fourth-order valence-corrected chi connectivity index (χ4v) is 4.36. The van der Waals surface area contributed by atoms with Gasteiger partial charge in [0.1, 0.15) is 17.3 Å². The molecule has 0 radical (unpaired) electrons. The summed E-state index contributed by atoms with van der Waals surface area (Å²) in [6, 6.07) is 19.9. The molecule has 3 aromatic carbocycles. The first-order valence-electron chi connectivity index (χ1n) is 12.3. The average Bonchev–Trinajstić information content (AvgIpc) is 3.38. The Morgan fingerprint density at radius 2 is 1.53 bits per heavy atom. The highest BCUT2D eigenvalue weighted by Gasteiger charge is 2.13. The zero-order valence-corrected chi connectivity index (χ0v) is 21.9. The number of fused-ring (bicyclic) bond motifs is 2. The number of nitrogens with zero attached hydrogens (tertiary/aromatic N) is 2. The average molecular weight is 511 g/mol. The first-order valence-corrected chi connectivity index (χ1v) is 12.3. The zero-order chi connectivity index (χ0) is 26.5. The molecule has 38 heavy (non-hydrogen) atoms. The maximum atomic E-state index is 5.53. The molecule has 0 fully saturated rings. The highest BCUT2D eigenvalue weighted by Crippen LogP contribution is 2.34. The Hall–Kier alpha value is -4.72. The fraction of sp³-hybridized carbons (Fsp3) is 0.200. The quantitative estimate of drug-likeness (QED) is 0.239. The van der Waals surface area contributed by atoms with Crippen LogP contribution in [0.15, 0.2) is 60.7 Å². The van der Waals surface area contributed by atoms with Crippen molar-refractivity contribution < 1.29 is 18.9 Å². The standard InChI is InChI=1S/C30H30N4O4/c1-35-22-13-19(14-23(16-22)36-2)9-10-29-33-26-18-28(38-4)27(37-3)17-24(26)30(34-29)31-12-11-21-15-20-7-5-6-8-25(20)32-21/h5-10,13-18,32H,11-12H2,1-4H3,(H,31,33,34)/b10-9+. The Bertz CT molecular complexity index is 1550. The minimum absolute atomic E-state index is 0.555. The third-order valence-electron chi connectivity index (χ3n) is 6.29. The van der Waals surface area contributed by atoms with Crippen molar-refractivity contribution in [3.05, 3.63) is 77.7 Å². The lowest BCUT2D eigenvalue weighted by atomic mass is 10.1. The lowest BCUT2D eigenvalue weighted by Crippen LogP contribution is -2.08. The highest BCUT2D eigenvalue weighted by atomic mass is 16.5. The monoisotopic (exact) mass is 510 g/mol. The highest BCUT2D eigenvalue weighted by molar-refractivity contribution is 5.92. The van der Waals surface area contributed by atoms with E-state index in [0.29, 0.717) is 35.4 Å². The number of rotatable bonds is 10. The first-order chi connectivity index (χ1) is 18.6. The number of hydrogen-bond donors (Lipinski definition) is 2. The number of ether oxygens (including phenoxy) is 4.